The van der Waals surface area contributed by atoms with E-state index in [9.17, 15) is 4.79 Å². The number of rotatable bonds is 3. The fraction of sp³-hybridized carbons (Fsp3) is 0.278. The van der Waals surface area contributed by atoms with Crippen molar-refractivity contribution in [3.63, 3.8) is 0 Å². The second kappa shape index (κ2) is 6.20. The third kappa shape index (κ3) is 3.12. The van der Waals surface area contributed by atoms with Gasteiger partial charge in [-0.3, -0.25) is 4.79 Å². The number of anilines is 2. The van der Waals surface area contributed by atoms with Crippen LogP contribution in [0.5, 0.6) is 0 Å². The largest absolute Gasteiger partial charge is 0.360 e. The highest BCUT2D eigenvalue weighted by molar-refractivity contribution is 5.94. The summed E-state index contributed by atoms with van der Waals surface area (Å²) in [5, 5.41) is 2.98. The molecule has 0 bridgehead atoms. The van der Waals surface area contributed by atoms with Crippen LogP contribution in [0.1, 0.15) is 11.1 Å². The molecule has 3 rings (SSSR count). The van der Waals surface area contributed by atoms with Gasteiger partial charge in [0.1, 0.15) is 0 Å². The summed E-state index contributed by atoms with van der Waals surface area (Å²) in [6, 6.07) is 16.0. The first kappa shape index (κ1) is 14.6. The van der Waals surface area contributed by atoms with Gasteiger partial charge in [0.2, 0.25) is 5.91 Å². The molecular formula is C18H21N3O. The Morgan fingerprint density at radius 3 is 2.77 bits per heavy atom. The van der Waals surface area contributed by atoms with Gasteiger partial charge in [0.05, 0.1) is 6.54 Å². The van der Waals surface area contributed by atoms with Crippen LogP contribution in [0, 0.1) is 6.92 Å². The fourth-order valence-corrected chi connectivity index (χ4v) is 2.95. The third-order valence-electron chi connectivity index (χ3n) is 4.02. The number of nitrogens with two attached hydrogens (primary N) is 1. The molecular weight excluding hydrogens is 274 g/mol. The number of nitrogens with one attached hydrogen (secondary N) is 1. The van der Waals surface area contributed by atoms with Gasteiger partial charge in [-0.05, 0) is 36.6 Å². The van der Waals surface area contributed by atoms with Gasteiger partial charge in [0, 0.05) is 24.0 Å². The molecule has 1 amide bonds. The highest BCUT2D eigenvalue weighted by atomic mass is 16.2. The lowest BCUT2D eigenvalue weighted by Crippen LogP contribution is -2.46. The minimum Gasteiger partial charge on any atom is -0.360 e. The topological polar surface area (TPSA) is 58.4 Å². The number of para-hydroxylation sites is 2. The average Bonchev–Trinajstić information content (AvgIpc) is 2.49. The van der Waals surface area contributed by atoms with Gasteiger partial charge in [-0.25, -0.2) is 0 Å². The van der Waals surface area contributed by atoms with Crippen LogP contribution in [0.3, 0.4) is 0 Å². The Labute approximate surface area is 130 Å². The van der Waals surface area contributed by atoms with Crippen molar-refractivity contribution in [2.75, 3.05) is 23.3 Å². The van der Waals surface area contributed by atoms with Crippen molar-refractivity contribution in [1.29, 1.82) is 0 Å². The second-order valence-corrected chi connectivity index (χ2v) is 5.84. The van der Waals surface area contributed by atoms with E-state index in [1.54, 1.807) is 0 Å². The Bertz CT molecular complexity index is 684. The lowest BCUT2D eigenvalue weighted by Gasteiger charge is -2.34. The molecule has 1 atom stereocenters. The molecule has 1 heterocycles. The lowest BCUT2D eigenvalue weighted by molar-refractivity contribution is -0.115. The van der Waals surface area contributed by atoms with E-state index in [0.29, 0.717) is 13.1 Å². The standard InChI is InChI=1S/C18H21N3O/c1-13-6-2-4-8-16(13)20-18(22)12-21-11-15(19)10-14-7-3-5-9-17(14)21/h2-9,15H,10-12,19H2,1H3,(H,20,22). The average molecular weight is 295 g/mol. The van der Waals surface area contributed by atoms with Crippen molar-refractivity contribution in [3.05, 3.63) is 59.7 Å². The summed E-state index contributed by atoms with van der Waals surface area (Å²) in [4.78, 5) is 14.4. The minimum absolute atomic E-state index is 0.0156. The van der Waals surface area contributed by atoms with E-state index in [1.165, 1.54) is 5.56 Å². The third-order valence-corrected chi connectivity index (χ3v) is 4.02. The summed E-state index contributed by atoms with van der Waals surface area (Å²) in [6.07, 6.45) is 0.867. The molecule has 1 aliphatic rings. The molecule has 114 valence electrons. The molecule has 0 fully saturated rings. The van der Waals surface area contributed by atoms with E-state index >= 15 is 0 Å². The molecule has 4 nitrogen and oxygen atoms in total. The van der Waals surface area contributed by atoms with Crippen LogP contribution in [-0.2, 0) is 11.2 Å². The molecule has 0 saturated heterocycles. The minimum atomic E-state index is -0.0156. The van der Waals surface area contributed by atoms with Crippen molar-refractivity contribution < 1.29 is 4.79 Å². The predicted octanol–water partition coefficient (Wildman–Crippen LogP) is 2.32. The van der Waals surface area contributed by atoms with E-state index in [4.69, 9.17) is 5.73 Å². The molecule has 2 aromatic rings. The highest BCUT2D eigenvalue weighted by Crippen LogP contribution is 2.26. The van der Waals surface area contributed by atoms with Crippen molar-refractivity contribution in [3.8, 4) is 0 Å². The Morgan fingerprint density at radius 2 is 1.95 bits per heavy atom. The smallest absolute Gasteiger partial charge is 0.243 e. The monoisotopic (exact) mass is 295 g/mol. The van der Waals surface area contributed by atoms with Gasteiger partial charge in [0.25, 0.3) is 0 Å². The molecule has 0 saturated carbocycles. The van der Waals surface area contributed by atoms with Crippen LogP contribution in [0.15, 0.2) is 48.5 Å². The van der Waals surface area contributed by atoms with Crippen LogP contribution in [0.2, 0.25) is 0 Å². The van der Waals surface area contributed by atoms with Crippen molar-refractivity contribution in [2.24, 2.45) is 5.73 Å². The zero-order chi connectivity index (χ0) is 15.5. The number of benzene rings is 2. The second-order valence-electron chi connectivity index (χ2n) is 5.84. The first-order chi connectivity index (χ1) is 10.6. The van der Waals surface area contributed by atoms with Crippen LogP contribution in [-0.4, -0.2) is 25.0 Å². The van der Waals surface area contributed by atoms with Gasteiger partial charge in [-0.15, -0.1) is 0 Å². The maximum Gasteiger partial charge on any atom is 0.243 e. The molecule has 0 aliphatic carbocycles. The molecule has 1 aliphatic heterocycles. The van der Waals surface area contributed by atoms with Crippen LogP contribution in [0.25, 0.3) is 0 Å². The Hall–Kier alpha value is -2.33. The molecule has 0 aromatic heterocycles. The first-order valence-electron chi connectivity index (χ1n) is 7.57. The fourth-order valence-electron chi connectivity index (χ4n) is 2.95. The Balaban J connectivity index is 1.73. The summed E-state index contributed by atoms with van der Waals surface area (Å²) < 4.78 is 0. The van der Waals surface area contributed by atoms with E-state index in [1.807, 2.05) is 43.3 Å². The summed E-state index contributed by atoms with van der Waals surface area (Å²) in [6.45, 7) is 3.01. The SMILES string of the molecule is Cc1ccccc1NC(=O)CN1CC(N)Cc2ccccc21. The quantitative estimate of drug-likeness (QED) is 0.913. The summed E-state index contributed by atoms with van der Waals surface area (Å²) in [5.74, 6) is -0.0156. The highest BCUT2D eigenvalue weighted by Gasteiger charge is 2.23. The number of hydrogen-bond donors (Lipinski definition) is 2. The van der Waals surface area contributed by atoms with E-state index in [0.717, 1.165) is 23.4 Å². The number of hydrogen-bond acceptors (Lipinski definition) is 3. The van der Waals surface area contributed by atoms with Gasteiger partial charge in [-0.2, -0.15) is 0 Å². The number of aryl methyl sites for hydroxylation is 1. The van der Waals surface area contributed by atoms with Crippen LogP contribution in [0.4, 0.5) is 11.4 Å². The van der Waals surface area contributed by atoms with Gasteiger partial charge in [0.15, 0.2) is 0 Å². The van der Waals surface area contributed by atoms with E-state index in [2.05, 4.69) is 22.3 Å². The summed E-state index contributed by atoms with van der Waals surface area (Å²) in [7, 11) is 0. The number of nitrogens with zero attached hydrogens (tertiary/aromatic N) is 1. The van der Waals surface area contributed by atoms with Crippen molar-refractivity contribution >= 4 is 17.3 Å². The summed E-state index contributed by atoms with van der Waals surface area (Å²) in [5.41, 5.74) is 10.4. The van der Waals surface area contributed by atoms with E-state index in [-0.39, 0.29) is 11.9 Å². The number of amides is 1. The lowest BCUT2D eigenvalue weighted by atomic mass is 9.98. The Kier molecular flexibility index (Phi) is 4.11. The predicted molar refractivity (Wildman–Crippen MR) is 90.1 cm³/mol. The normalized spacial score (nSPS) is 17.0. The van der Waals surface area contributed by atoms with E-state index < -0.39 is 0 Å². The summed E-state index contributed by atoms with van der Waals surface area (Å²) >= 11 is 0. The first-order valence-corrected chi connectivity index (χ1v) is 7.57. The van der Waals surface area contributed by atoms with Gasteiger partial charge < -0.3 is 16.0 Å². The molecule has 3 N–H and O–H groups in total. The van der Waals surface area contributed by atoms with Gasteiger partial charge >= 0.3 is 0 Å². The zero-order valence-corrected chi connectivity index (χ0v) is 12.8. The molecule has 1 unspecified atom stereocenters. The number of fused-ring (bicyclic) bond motifs is 1. The van der Waals surface area contributed by atoms with Crippen molar-refractivity contribution in [1.82, 2.24) is 0 Å². The van der Waals surface area contributed by atoms with Crippen LogP contribution < -0.4 is 16.0 Å². The van der Waals surface area contributed by atoms with Gasteiger partial charge in [-0.1, -0.05) is 36.4 Å². The molecule has 2 aromatic carbocycles. The maximum atomic E-state index is 12.4. The maximum absolute atomic E-state index is 12.4. The Morgan fingerprint density at radius 1 is 1.23 bits per heavy atom. The molecule has 0 radical (unpaired) electrons. The molecule has 4 heteroatoms. The van der Waals surface area contributed by atoms with Crippen LogP contribution >= 0.6 is 0 Å². The number of carbonyl (C=O) groups excluding carboxylic acids is 1. The molecule has 0 spiro atoms. The number of carbonyl (C=O) groups is 1. The zero-order valence-electron chi connectivity index (χ0n) is 12.8. The van der Waals surface area contributed by atoms with Crippen molar-refractivity contribution in [2.45, 2.75) is 19.4 Å². The molecule has 22 heavy (non-hydrogen) atoms.